The Morgan fingerprint density at radius 3 is 2.86 bits per heavy atom. The molecule has 0 bridgehead atoms. The lowest BCUT2D eigenvalue weighted by Gasteiger charge is -2.14. The zero-order valence-corrected chi connectivity index (χ0v) is 13.2. The highest BCUT2D eigenvalue weighted by molar-refractivity contribution is 5.76. The molecule has 0 spiro atoms. The van der Waals surface area contributed by atoms with Crippen LogP contribution in [0.25, 0.3) is 11.0 Å². The quantitative estimate of drug-likeness (QED) is 0.795. The molecule has 21 heavy (non-hydrogen) atoms. The molecule has 1 unspecified atom stereocenters. The highest BCUT2D eigenvalue weighted by atomic mass is 16.1. The van der Waals surface area contributed by atoms with Crippen LogP contribution in [0, 0.1) is 5.92 Å². The number of nitrogens with one attached hydrogen (secondary N) is 1. The molecule has 1 atom stereocenters. The first-order valence-corrected chi connectivity index (χ1v) is 7.80. The summed E-state index contributed by atoms with van der Waals surface area (Å²) in [5.41, 5.74) is 2.28. The predicted molar refractivity (Wildman–Crippen MR) is 86.2 cm³/mol. The minimum atomic E-state index is 0.0307. The van der Waals surface area contributed by atoms with Crippen LogP contribution in [0.2, 0.25) is 0 Å². The van der Waals surface area contributed by atoms with Crippen molar-refractivity contribution in [1.82, 2.24) is 14.9 Å². The Morgan fingerprint density at radius 2 is 2.14 bits per heavy atom. The Labute approximate surface area is 126 Å². The third-order valence-electron chi connectivity index (χ3n) is 3.88. The monoisotopic (exact) mass is 287 g/mol. The van der Waals surface area contributed by atoms with Crippen LogP contribution in [0.1, 0.15) is 39.4 Å². The first-order valence-electron chi connectivity index (χ1n) is 7.80. The van der Waals surface area contributed by atoms with Gasteiger partial charge in [0.25, 0.3) is 0 Å². The van der Waals surface area contributed by atoms with Gasteiger partial charge in [0.2, 0.25) is 5.91 Å². The number of hydrogen-bond acceptors (Lipinski definition) is 2. The predicted octanol–water partition coefficient (Wildman–Crippen LogP) is 3.15. The second-order valence-corrected chi connectivity index (χ2v) is 5.73. The van der Waals surface area contributed by atoms with Crippen molar-refractivity contribution >= 4 is 16.9 Å². The lowest BCUT2D eigenvalue weighted by atomic mass is 10.1. The van der Waals surface area contributed by atoms with Crippen LogP contribution in [-0.2, 0) is 17.8 Å². The molecule has 0 aliphatic heterocycles. The topological polar surface area (TPSA) is 46.9 Å². The number of amides is 1. The van der Waals surface area contributed by atoms with Gasteiger partial charge in [-0.15, -0.1) is 0 Å². The SMILES string of the molecule is CCC(C)Cn1c(CCCNC(C)=O)nc2ccccc21. The summed E-state index contributed by atoms with van der Waals surface area (Å²) in [6.45, 7) is 7.77. The number of benzene rings is 1. The van der Waals surface area contributed by atoms with E-state index in [1.165, 1.54) is 5.52 Å². The van der Waals surface area contributed by atoms with Gasteiger partial charge in [-0.2, -0.15) is 0 Å². The average molecular weight is 287 g/mol. The number of imidazole rings is 1. The minimum Gasteiger partial charge on any atom is -0.356 e. The highest BCUT2D eigenvalue weighted by Gasteiger charge is 2.12. The number of nitrogens with zero attached hydrogens (tertiary/aromatic N) is 2. The summed E-state index contributed by atoms with van der Waals surface area (Å²) in [7, 11) is 0. The van der Waals surface area contributed by atoms with Crippen molar-refractivity contribution < 1.29 is 4.79 Å². The number of hydrogen-bond donors (Lipinski definition) is 1. The largest absolute Gasteiger partial charge is 0.356 e. The molecule has 4 nitrogen and oxygen atoms in total. The number of aromatic nitrogens is 2. The summed E-state index contributed by atoms with van der Waals surface area (Å²) in [4.78, 5) is 15.7. The second-order valence-electron chi connectivity index (χ2n) is 5.73. The Bertz CT molecular complexity index is 603. The van der Waals surface area contributed by atoms with Crippen LogP contribution < -0.4 is 5.32 Å². The van der Waals surface area contributed by atoms with Gasteiger partial charge >= 0.3 is 0 Å². The van der Waals surface area contributed by atoms with E-state index in [1.54, 1.807) is 6.92 Å². The molecule has 2 aromatic rings. The van der Waals surface area contributed by atoms with E-state index in [9.17, 15) is 4.79 Å². The third-order valence-corrected chi connectivity index (χ3v) is 3.88. The standard InChI is InChI=1S/C17H25N3O/c1-4-13(2)12-20-16-9-6-5-8-15(16)19-17(20)10-7-11-18-14(3)21/h5-6,8-9,13H,4,7,10-12H2,1-3H3,(H,18,21). The van der Waals surface area contributed by atoms with Crippen molar-refractivity contribution in [3.8, 4) is 0 Å². The Morgan fingerprint density at radius 1 is 1.38 bits per heavy atom. The fourth-order valence-corrected chi connectivity index (χ4v) is 2.47. The van der Waals surface area contributed by atoms with Gasteiger partial charge in [0, 0.05) is 26.4 Å². The summed E-state index contributed by atoms with van der Waals surface area (Å²) in [6, 6.07) is 8.31. The van der Waals surface area contributed by atoms with Gasteiger partial charge in [0.1, 0.15) is 5.82 Å². The number of aryl methyl sites for hydroxylation is 1. The summed E-state index contributed by atoms with van der Waals surface area (Å²) in [5.74, 6) is 1.79. The van der Waals surface area contributed by atoms with Gasteiger partial charge in [-0.1, -0.05) is 32.4 Å². The maximum Gasteiger partial charge on any atom is 0.216 e. The molecule has 114 valence electrons. The van der Waals surface area contributed by atoms with E-state index >= 15 is 0 Å². The van der Waals surface area contributed by atoms with Gasteiger partial charge in [-0.3, -0.25) is 4.79 Å². The fourth-order valence-electron chi connectivity index (χ4n) is 2.47. The van der Waals surface area contributed by atoms with Crippen LogP contribution in [0.4, 0.5) is 0 Å². The minimum absolute atomic E-state index is 0.0307. The van der Waals surface area contributed by atoms with Gasteiger partial charge in [0.15, 0.2) is 0 Å². The van der Waals surface area contributed by atoms with Crippen LogP contribution in [0.3, 0.4) is 0 Å². The van der Waals surface area contributed by atoms with Crippen LogP contribution in [0.15, 0.2) is 24.3 Å². The molecule has 1 heterocycles. The third kappa shape index (κ3) is 4.06. The van der Waals surface area contributed by atoms with Crippen LogP contribution in [0.5, 0.6) is 0 Å². The van der Waals surface area contributed by atoms with Crippen molar-refractivity contribution in [3.05, 3.63) is 30.1 Å². The summed E-state index contributed by atoms with van der Waals surface area (Å²) >= 11 is 0. The molecule has 0 saturated heterocycles. The van der Waals surface area contributed by atoms with Crippen LogP contribution in [-0.4, -0.2) is 22.0 Å². The first-order chi connectivity index (χ1) is 10.1. The van der Waals surface area contributed by atoms with Crippen molar-refractivity contribution in [2.24, 2.45) is 5.92 Å². The Kier molecular flexibility index (Phi) is 5.37. The Balaban J connectivity index is 2.16. The van der Waals surface area contributed by atoms with Crippen molar-refractivity contribution in [3.63, 3.8) is 0 Å². The normalized spacial score (nSPS) is 12.5. The summed E-state index contributed by atoms with van der Waals surface area (Å²) in [5, 5.41) is 2.84. The van der Waals surface area contributed by atoms with E-state index in [0.29, 0.717) is 12.5 Å². The summed E-state index contributed by atoms with van der Waals surface area (Å²) in [6.07, 6.45) is 2.98. The molecule has 0 aliphatic rings. The zero-order valence-electron chi connectivity index (χ0n) is 13.2. The molecule has 2 rings (SSSR count). The van der Waals surface area contributed by atoms with Gasteiger partial charge in [-0.05, 0) is 24.5 Å². The van der Waals surface area contributed by atoms with E-state index in [-0.39, 0.29) is 5.91 Å². The Hall–Kier alpha value is -1.84. The molecular formula is C17H25N3O. The molecule has 4 heteroatoms. The van der Waals surface area contributed by atoms with E-state index in [1.807, 2.05) is 6.07 Å². The second kappa shape index (κ2) is 7.25. The number of carbonyl (C=O) groups excluding carboxylic acids is 1. The van der Waals surface area contributed by atoms with E-state index < -0.39 is 0 Å². The van der Waals surface area contributed by atoms with Gasteiger partial charge in [-0.25, -0.2) is 4.98 Å². The molecule has 0 fully saturated rings. The summed E-state index contributed by atoms with van der Waals surface area (Å²) < 4.78 is 2.34. The lowest BCUT2D eigenvalue weighted by molar-refractivity contribution is -0.118. The smallest absolute Gasteiger partial charge is 0.216 e. The molecule has 0 aliphatic carbocycles. The molecule has 0 saturated carbocycles. The van der Waals surface area contributed by atoms with E-state index in [0.717, 1.165) is 37.1 Å². The van der Waals surface area contributed by atoms with E-state index in [2.05, 4.69) is 41.9 Å². The van der Waals surface area contributed by atoms with Crippen molar-refractivity contribution in [1.29, 1.82) is 0 Å². The molecule has 0 radical (unpaired) electrons. The number of fused-ring (bicyclic) bond motifs is 1. The molecule has 1 N–H and O–H groups in total. The highest BCUT2D eigenvalue weighted by Crippen LogP contribution is 2.19. The lowest BCUT2D eigenvalue weighted by Crippen LogP contribution is -2.21. The average Bonchev–Trinajstić information content (AvgIpc) is 2.81. The van der Waals surface area contributed by atoms with Gasteiger partial charge < -0.3 is 9.88 Å². The molecular weight excluding hydrogens is 262 g/mol. The van der Waals surface area contributed by atoms with Crippen molar-refractivity contribution in [2.75, 3.05) is 6.54 Å². The maximum absolute atomic E-state index is 10.9. The first kappa shape index (κ1) is 15.5. The maximum atomic E-state index is 10.9. The zero-order chi connectivity index (χ0) is 15.2. The van der Waals surface area contributed by atoms with E-state index in [4.69, 9.17) is 4.98 Å². The van der Waals surface area contributed by atoms with Crippen molar-refractivity contribution in [2.45, 2.75) is 46.6 Å². The molecule has 1 aromatic heterocycles. The number of rotatable bonds is 7. The molecule has 1 aromatic carbocycles. The fraction of sp³-hybridized carbons (Fsp3) is 0.529. The van der Waals surface area contributed by atoms with Gasteiger partial charge in [0.05, 0.1) is 11.0 Å². The molecule has 1 amide bonds. The number of carbonyl (C=O) groups is 1. The van der Waals surface area contributed by atoms with Crippen LogP contribution >= 0.6 is 0 Å². The number of para-hydroxylation sites is 2.